The number of thiazole rings is 1. The van der Waals surface area contributed by atoms with E-state index in [1.54, 1.807) is 12.4 Å². The molecule has 0 aliphatic heterocycles. The molecule has 0 aromatic carbocycles. The summed E-state index contributed by atoms with van der Waals surface area (Å²) in [6, 6.07) is 5.92. The summed E-state index contributed by atoms with van der Waals surface area (Å²) in [6.07, 6.45) is 4.85. The Kier molecular flexibility index (Phi) is 5.64. The number of hydrogen-bond donors (Lipinski definition) is 1. The van der Waals surface area contributed by atoms with Gasteiger partial charge in [0.1, 0.15) is 0 Å². The SMILES string of the molecule is CN(CCC(=O)Nc1nccs1)CCc1ccccn1. The highest BCUT2D eigenvalue weighted by Gasteiger charge is 2.06. The maximum Gasteiger partial charge on any atom is 0.227 e. The van der Waals surface area contributed by atoms with Gasteiger partial charge in [-0.2, -0.15) is 0 Å². The lowest BCUT2D eigenvalue weighted by atomic mass is 10.2. The van der Waals surface area contributed by atoms with E-state index in [1.165, 1.54) is 11.3 Å². The van der Waals surface area contributed by atoms with Gasteiger partial charge in [-0.15, -0.1) is 11.3 Å². The standard InChI is InChI=1S/C14H18N4OS/c1-18(9-5-12-4-2-3-7-15-12)10-6-13(19)17-14-16-8-11-20-14/h2-4,7-8,11H,5-6,9-10H2,1H3,(H,16,17,19). The molecule has 0 radical (unpaired) electrons. The van der Waals surface area contributed by atoms with Gasteiger partial charge in [0, 0.05) is 49.4 Å². The van der Waals surface area contributed by atoms with Crippen molar-refractivity contribution < 1.29 is 4.79 Å². The van der Waals surface area contributed by atoms with Crippen molar-refractivity contribution in [2.45, 2.75) is 12.8 Å². The second-order valence-corrected chi connectivity index (χ2v) is 5.40. The average Bonchev–Trinajstić information content (AvgIpc) is 2.97. The number of nitrogens with zero attached hydrogens (tertiary/aromatic N) is 3. The van der Waals surface area contributed by atoms with E-state index in [2.05, 4.69) is 20.2 Å². The quantitative estimate of drug-likeness (QED) is 0.848. The van der Waals surface area contributed by atoms with Gasteiger partial charge in [0.05, 0.1) is 0 Å². The van der Waals surface area contributed by atoms with Crippen molar-refractivity contribution in [2.75, 3.05) is 25.5 Å². The van der Waals surface area contributed by atoms with Crippen LogP contribution in [0, 0.1) is 0 Å². The summed E-state index contributed by atoms with van der Waals surface area (Å²) < 4.78 is 0. The van der Waals surface area contributed by atoms with Crippen LogP contribution in [0.1, 0.15) is 12.1 Å². The zero-order valence-corrected chi connectivity index (χ0v) is 12.3. The lowest BCUT2D eigenvalue weighted by Crippen LogP contribution is -2.26. The van der Waals surface area contributed by atoms with Gasteiger partial charge in [0.2, 0.25) is 5.91 Å². The molecule has 20 heavy (non-hydrogen) atoms. The molecule has 0 fully saturated rings. The molecule has 5 nitrogen and oxygen atoms in total. The Balaban J connectivity index is 1.64. The molecule has 0 bridgehead atoms. The minimum Gasteiger partial charge on any atom is -0.305 e. The molecule has 0 saturated heterocycles. The number of anilines is 1. The van der Waals surface area contributed by atoms with Crippen LogP contribution in [-0.2, 0) is 11.2 Å². The third-order valence-corrected chi connectivity index (χ3v) is 3.56. The Bertz CT molecular complexity index is 515. The van der Waals surface area contributed by atoms with Crippen molar-refractivity contribution in [2.24, 2.45) is 0 Å². The van der Waals surface area contributed by atoms with Crippen LogP contribution in [0.3, 0.4) is 0 Å². The first-order valence-corrected chi connectivity index (χ1v) is 7.40. The Morgan fingerprint density at radius 2 is 2.20 bits per heavy atom. The molecule has 2 aromatic rings. The molecule has 0 saturated carbocycles. The summed E-state index contributed by atoms with van der Waals surface area (Å²) in [5.74, 6) is 0.00429. The largest absolute Gasteiger partial charge is 0.305 e. The van der Waals surface area contributed by atoms with Gasteiger partial charge >= 0.3 is 0 Å². The Hall–Kier alpha value is -1.79. The average molecular weight is 290 g/mol. The minimum absolute atomic E-state index is 0.00429. The van der Waals surface area contributed by atoms with Crippen molar-refractivity contribution in [3.05, 3.63) is 41.7 Å². The first-order chi connectivity index (χ1) is 9.74. The second kappa shape index (κ2) is 7.72. The molecule has 6 heteroatoms. The number of pyridine rings is 1. The van der Waals surface area contributed by atoms with E-state index in [1.807, 2.05) is 30.6 Å². The molecule has 1 amide bonds. The fourth-order valence-electron chi connectivity index (χ4n) is 1.72. The molecule has 0 atom stereocenters. The number of aromatic nitrogens is 2. The third kappa shape index (κ3) is 5.07. The third-order valence-electron chi connectivity index (χ3n) is 2.88. The lowest BCUT2D eigenvalue weighted by molar-refractivity contribution is -0.116. The molecular formula is C14H18N4OS. The van der Waals surface area contributed by atoms with E-state index in [0.29, 0.717) is 11.6 Å². The van der Waals surface area contributed by atoms with Crippen molar-refractivity contribution >= 4 is 22.4 Å². The van der Waals surface area contributed by atoms with Gasteiger partial charge in [0.25, 0.3) is 0 Å². The van der Waals surface area contributed by atoms with E-state index >= 15 is 0 Å². The van der Waals surface area contributed by atoms with Crippen LogP contribution in [0.4, 0.5) is 5.13 Å². The highest BCUT2D eigenvalue weighted by molar-refractivity contribution is 7.13. The van der Waals surface area contributed by atoms with Gasteiger partial charge < -0.3 is 10.2 Å². The van der Waals surface area contributed by atoms with Crippen LogP contribution in [-0.4, -0.2) is 40.9 Å². The van der Waals surface area contributed by atoms with E-state index in [9.17, 15) is 4.79 Å². The van der Waals surface area contributed by atoms with E-state index in [-0.39, 0.29) is 5.91 Å². The predicted molar refractivity (Wildman–Crippen MR) is 80.8 cm³/mol. The second-order valence-electron chi connectivity index (χ2n) is 4.51. The number of hydrogen-bond acceptors (Lipinski definition) is 5. The highest BCUT2D eigenvalue weighted by Crippen LogP contribution is 2.10. The van der Waals surface area contributed by atoms with Gasteiger partial charge in [-0.1, -0.05) is 6.07 Å². The minimum atomic E-state index is 0.00429. The molecule has 2 heterocycles. The number of carbonyl (C=O) groups is 1. The zero-order valence-electron chi connectivity index (χ0n) is 11.5. The van der Waals surface area contributed by atoms with Gasteiger partial charge in [-0.05, 0) is 19.2 Å². The monoisotopic (exact) mass is 290 g/mol. The number of nitrogens with one attached hydrogen (secondary N) is 1. The Labute approximate surface area is 122 Å². The van der Waals surface area contributed by atoms with Crippen molar-refractivity contribution in [1.29, 1.82) is 0 Å². The summed E-state index contributed by atoms with van der Waals surface area (Å²) in [5.41, 5.74) is 1.08. The molecule has 106 valence electrons. The van der Waals surface area contributed by atoms with Crippen LogP contribution < -0.4 is 5.32 Å². The molecule has 0 unspecified atom stereocenters. The molecule has 2 rings (SSSR count). The maximum absolute atomic E-state index is 11.7. The fraction of sp³-hybridized carbons (Fsp3) is 0.357. The first kappa shape index (κ1) is 14.6. The van der Waals surface area contributed by atoms with Crippen LogP contribution in [0.5, 0.6) is 0 Å². The van der Waals surface area contributed by atoms with Gasteiger partial charge in [-0.3, -0.25) is 9.78 Å². The maximum atomic E-state index is 11.7. The smallest absolute Gasteiger partial charge is 0.227 e. The molecule has 0 aliphatic carbocycles. The molecule has 2 aromatic heterocycles. The zero-order chi connectivity index (χ0) is 14.2. The van der Waals surface area contributed by atoms with Crippen LogP contribution in [0.25, 0.3) is 0 Å². The van der Waals surface area contributed by atoms with E-state index in [4.69, 9.17) is 0 Å². The van der Waals surface area contributed by atoms with Crippen LogP contribution in [0.15, 0.2) is 36.0 Å². The van der Waals surface area contributed by atoms with Gasteiger partial charge in [-0.25, -0.2) is 4.98 Å². The summed E-state index contributed by atoms with van der Waals surface area (Å²) in [5, 5.41) is 5.28. The molecule has 0 spiro atoms. The lowest BCUT2D eigenvalue weighted by Gasteiger charge is -2.15. The summed E-state index contributed by atoms with van der Waals surface area (Å²) in [7, 11) is 2.01. The first-order valence-electron chi connectivity index (χ1n) is 6.52. The topological polar surface area (TPSA) is 58.1 Å². The van der Waals surface area contributed by atoms with Crippen molar-refractivity contribution in [3.63, 3.8) is 0 Å². The number of carbonyl (C=O) groups excluding carboxylic acids is 1. The van der Waals surface area contributed by atoms with Crippen LogP contribution >= 0.6 is 11.3 Å². The number of likely N-dealkylation sites (N-methyl/N-ethyl adjacent to an activating group) is 1. The van der Waals surface area contributed by atoms with Gasteiger partial charge in [0.15, 0.2) is 5.13 Å². The number of rotatable bonds is 7. The van der Waals surface area contributed by atoms with E-state index < -0.39 is 0 Å². The fourth-order valence-corrected chi connectivity index (χ4v) is 2.27. The summed E-state index contributed by atoms with van der Waals surface area (Å²) in [6.45, 7) is 1.62. The van der Waals surface area contributed by atoms with E-state index in [0.717, 1.165) is 25.2 Å². The number of amides is 1. The van der Waals surface area contributed by atoms with Crippen molar-refractivity contribution in [1.82, 2.24) is 14.9 Å². The summed E-state index contributed by atoms with van der Waals surface area (Å²) >= 11 is 1.43. The highest BCUT2D eigenvalue weighted by atomic mass is 32.1. The van der Waals surface area contributed by atoms with Crippen LogP contribution in [0.2, 0.25) is 0 Å². The molecule has 0 aliphatic rings. The predicted octanol–water partition coefficient (Wildman–Crippen LogP) is 2.04. The Morgan fingerprint density at radius 3 is 2.90 bits per heavy atom. The van der Waals surface area contributed by atoms with Crippen molar-refractivity contribution in [3.8, 4) is 0 Å². The molecular weight excluding hydrogens is 272 g/mol. The Morgan fingerprint density at radius 1 is 1.30 bits per heavy atom. The summed E-state index contributed by atoms with van der Waals surface area (Å²) in [4.78, 5) is 22.1. The normalized spacial score (nSPS) is 10.7. The molecule has 1 N–H and O–H groups in total.